The van der Waals surface area contributed by atoms with Crippen molar-refractivity contribution in [2.24, 2.45) is 4.99 Å². The second-order valence-corrected chi connectivity index (χ2v) is 4.67. The van der Waals surface area contributed by atoms with E-state index < -0.39 is 0 Å². The van der Waals surface area contributed by atoms with Crippen LogP contribution in [-0.2, 0) is 4.74 Å². The molecule has 6 heteroatoms. The number of ether oxygens (including phenoxy) is 2. The summed E-state index contributed by atoms with van der Waals surface area (Å²) in [5, 5.41) is 3.29. The highest BCUT2D eigenvalue weighted by molar-refractivity contribution is 14.0. The number of methoxy groups -OCH3 is 1. The van der Waals surface area contributed by atoms with E-state index in [0.29, 0.717) is 6.61 Å². The third-order valence-corrected chi connectivity index (χ3v) is 2.90. The first-order valence-corrected chi connectivity index (χ1v) is 7.44. The summed E-state index contributed by atoms with van der Waals surface area (Å²) >= 11 is 0. The second-order valence-electron chi connectivity index (χ2n) is 4.67. The fraction of sp³-hybridized carbons (Fsp3) is 0.562. The first kappa shape index (κ1) is 21.0. The van der Waals surface area contributed by atoms with Crippen molar-refractivity contribution in [2.45, 2.75) is 13.3 Å². The molecule has 0 spiro atoms. The van der Waals surface area contributed by atoms with E-state index in [1.54, 1.807) is 7.11 Å². The van der Waals surface area contributed by atoms with Crippen LogP contribution in [-0.4, -0.2) is 57.9 Å². The Morgan fingerprint density at radius 3 is 2.59 bits per heavy atom. The summed E-state index contributed by atoms with van der Waals surface area (Å²) < 4.78 is 10.7. The molecule has 0 saturated heterocycles. The minimum absolute atomic E-state index is 0. The van der Waals surface area contributed by atoms with Crippen molar-refractivity contribution in [1.82, 2.24) is 10.2 Å². The molecule has 0 aliphatic carbocycles. The molecular weight excluding hydrogens is 393 g/mol. The maximum atomic E-state index is 5.70. The molecule has 1 rings (SSSR count). The van der Waals surface area contributed by atoms with Gasteiger partial charge in [-0.25, -0.2) is 0 Å². The van der Waals surface area contributed by atoms with Crippen LogP contribution >= 0.6 is 24.0 Å². The van der Waals surface area contributed by atoms with Gasteiger partial charge >= 0.3 is 0 Å². The summed E-state index contributed by atoms with van der Waals surface area (Å²) in [6.45, 7) is 5.84. The summed E-state index contributed by atoms with van der Waals surface area (Å²) in [5.74, 6) is 1.80. The summed E-state index contributed by atoms with van der Waals surface area (Å²) in [4.78, 5) is 6.66. The Labute approximate surface area is 151 Å². The van der Waals surface area contributed by atoms with Crippen molar-refractivity contribution < 1.29 is 9.47 Å². The van der Waals surface area contributed by atoms with Gasteiger partial charge in [0.2, 0.25) is 0 Å². The number of rotatable bonds is 9. The number of guanidine groups is 1. The van der Waals surface area contributed by atoms with Gasteiger partial charge in [0.05, 0.1) is 6.54 Å². The fourth-order valence-corrected chi connectivity index (χ4v) is 1.79. The van der Waals surface area contributed by atoms with Crippen LogP contribution in [0.15, 0.2) is 35.3 Å². The van der Waals surface area contributed by atoms with Gasteiger partial charge in [-0.1, -0.05) is 18.2 Å². The fourth-order valence-electron chi connectivity index (χ4n) is 1.79. The first-order valence-electron chi connectivity index (χ1n) is 7.44. The molecule has 1 aromatic carbocycles. The summed E-state index contributed by atoms with van der Waals surface area (Å²) in [6.07, 6.45) is 0.930. The number of aliphatic imine (C=N–C) groups is 1. The van der Waals surface area contributed by atoms with Crippen molar-refractivity contribution in [2.75, 3.05) is 47.0 Å². The highest BCUT2D eigenvalue weighted by Gasteiger charge is 2.05. The SMILES string of the molecule is CCNC(=NCCCOC)N(C)CCOc1ccccc1.I. The second kappa shape index (κ2) is 13.6. The zero-order valence-electron chi connectivity index (χ0n) is 13.7. The number of hydrogen-bond donors (Lipinski definition) is 1. The summed E-state index contributed by atoms with van der Waals surface area (Å²) in [5.41, 5.74) is 0. The molecule has 0 bridgehead atoms. The Balaban J connectivity index is 0.00000441. The molecule has 1 aromatic rings. The van der Waals surface area contributed by atoms with Crippen molar-refractivity contribution in [1.29, 1.82) is 0 Å². The lowest BCUT2D eigenvalue weighted by atomic mass is 10.3. The highest BCUT2D eigenvalue weighted by atomic mass is 127. The topological polar surface area (TPSA) is 46.1 Å². The van der Waals surface area contributed by atoms with Gasteiger partial charge in [-0.05, 0) is 25.5 Å². The standard InChI is InChI=1S/C16H27N3O2.HI/c1-4-17-16(18-11-8-13-20-3)19(2)12-14-21-15-9-6-5-7-10-15;/h5-7,9-10H,4,8,11-14H2,1-3H3,(H,17,18);1H. The molecule has 0 saturated carbocycles. The molecule has 5 nitrogen and oxygen atoms in total. The van der Waals surface area contributed by atoms with Gasteiger partial charge in [0.25, 0.3) is 0 Å². The predicted molar refractivity (Wildman–Crippen MR) is 102 cm³/mol. The number of para-hydroxylation sites is 1. The zero-order chi connectivity index (χ0) is 15.3. The molecule has 0 aliphatic rings. The van der Waals surface area contributed by atoms with E-state index in [9.17, 15) is 0 Å². The van der Waals surface area contributed by atoms with Crippen molar-refractivity contribution in [3.63, 3.8) is 0 Å². The van der Waals surface area contributed by atoms with Gasteiger partial charge in [0.15, 0.2) is 5.96 Å². The third-order valence-electron chi connectivity index (χ3n) is 2.90. The van der Waals surface area contributed by atoms with Gasteiger partial charge in [0, 0.05) is 33.9 Å². The monoisotopic (exact) mass is 421 g/mol. The summed E-state index contributed by atoms with van der Waals surface area (Å²) in [7, 11) is 3.73. The average molecular weight is 421 g/mol. The van der Waals surface area contributed by atoms with Crippen LogP contribution in [0.25, 0.3) is 0 Å². The number of likely N-dealkylation sites (N-methyl/N-ethyl adjacent to an activating group) is 1. The maximum Gasteiger partial charge on any atom is 0.193 e. The van der Waals surface area contributed by atoms with Crippen LogP contribution < -0.4 is 10.1 Å². The number of nitrogens with one attached hydrogen (secondary N) is 1. The zero-order valence-corrected chi connectivity index (χ0v) is 16.1. The lowest BCUT2D eigenvalue weighted by molar-refractivity contribution is 0.197. The van der Waals surface area contributed by atoms with E-state index in [0.717, 1.165) is 44.4 Å². The Morgan fingerprint density at radius 2 is 1.95 bits per heavy atom. The van der Waals surface area contributed by atoms with E-state index in [1.165, 1.54) is 0 Å². The van der Waals surface area contributed by atoms with E-state index >= 15 is 0 Å². The Morgan fingerprint density at radius 1 is 1.23 bits per heavy atom. The molecule has 22 heavy (non-hydrogen) atoms. The lowest BCUT2D eigenvalue weighted by Crippen LogP contribution is -2.41. The van der Waals surface area contributed by atoms with Gasteiger partial charge in [-0.15, -0.1) is 24.0 Å². The molecule has 126 valence electrons. The van der Waals surface area contributed by atoms with Gasteiger partial charge in [-0.3, -0.25) is 4.99 Å². The maximum absolute atomic E-state index is 5.70. The number of halogens is 1. The minimum atomic E-state index is 0. The number of benzene rings is 1. The quantitative estimate of drug-likeness (QED) is 0.288. The molecule has 0 atom stereocenters. The number of nitrogens with zero attached hydrogens (tertiary/aromatic N) is 2. The molecule has 0 aliphatic heterocycles. The predicted octanol–water partition coefficient (Wildman–Crippen LogP) is 2.62. The Kier molecular flexibility index (Phi) is 13.0. The Bertz CT molecular complexity index is 402. The van der Waals surface area contributed by atoms with E-state index in [1.807, 2.05) is 37.4 Å². The molecule has 0 heterocycles. The van der Waals surface area contributed by atoms with E-state index in [4.69, 9.17) is 9.47 Å². The molecular formula is C16H28IN3O2. The Hall–Kier alpha value is -1.02. The van der Waals surface area contributed by atoms with E-state index in [2.05, 4.69) is 22.1 Å². The highest BCUT2D eigenvalue weighted by Crippen LogP contribution is 2.07. The smallest absolute Gasteiger partial charge is 0.193 e. The molecule has 0 radical (unpaired) electrons. The first-order chi connectivity index (χ1) is 10.3. The van der Waals surface area contributed by atoms with Gasteiger partial charge in [0.1, 0.15) is 12.4 Å². The molecule has 0 aromatic heterocycles. The van der Waals surface area contributed by atoms with Crippen LogP contribution in [0.5, 0.6) is 5.75 Å². The van der Waals surface area contributed by atoms with Crippen molar-refractivity contribution in [3.8, 4) is 5.75 Å². The van der Waals surface area contributed by atoms with Crippen molar-refractivity contribution in [3.05, 3.63) is 30.3 Å². The average Bonchev–Trinajstić information content (AvgIpc) is 2.51. The summed E-state index contributed by atoms with van der Waals surface area (Å²) in [6, 6.07) is 9.85. The number of hydrogen-bond acceptors (Lipinski definition) is 3. The van der Waals surface area contributed by atoms with Crippen LogP contribution in [0, 0.1) is 0 Å². The van der Waals surface area contributed by atoms with Crippen molar-refractivity contribution >= 4 is 29.9 Å². The normalized spacial score (nSPS) is 10.8. The van der Waals surface area contributed by atoms with Crippen LogP contribution in [0.3, 0.4) is 0 Å². The largest absolute Gasteiger partial charge is 0.492 e. The minimum Gasteiger partial charge on any atom is -0.492 e. The van der Waals surface area contributed by atoms with Gasteiger partial charge in [-0.2, -0.15) is 0 Å². The molecule has 1 N–H and O–H groups in total. The van der Waals surface area contributed by atoms with Gasteiger partial charge < -0.3 is 19.7 Å². The van der Waals surface area contributed by atoms with Crippen LogP contribution in [0.2, 0.25) is 0 Å². The molecule has 0 unspecified atom stereocenters. The lowest BCUT2D eigenvalue weighted by Gasteiger charge is -2.22. The molecule has 0 amide bonds. The van der Waals surface area contributed by atoms with Crippen LogP contribution in [0.1, 0.15) is 13.3 Å². The third kappa shape index (κ3) is 9.09. The van der Waals surface area contributed by atoms with Crippen LogP contribution in [0.4, 0.5) is 0 Å². The van der Waals surface area contributed by atoms with E-state index in [-0.39, 0.29) is 24.0 Å². The molecule has 0 fully saturated rings.